The lowest BCUT2D eigenvalue weighted by Crippen LogP contribution is -2.59. The monoisotopic (exact) mass is 590 g/mol. The van der Waals surface area contributed by atoms with Crippen LogP contribution >= 0.6 is 0 Å². The molecule has 0 aromatic heterocycles. The number of likely N-dealkylation sites (tertiary alicyclic amines) is 1. The summed E-state index contributed by atoms with van der Waals surface area (Å²) in [6.07, 6.45) is 0.695. The average Bonchev–Trinajstić information content (AvgIpc) is 3.69. The van der Waals surface area contributed by atoms with Gasteiger partial charge in [0.1, 0.15) is 6.04 Å². The number of piperidine rings is 1. The summed E-state index contributed by atoms with van der Waals surface area (Å²) in [4.78, 5) is 54.0. The van der Waals surface area contributed by atoms with Gasteiger partial charge in [-0.1, -0.05) is 12.1 Å². The van der Waals surface area contributed by atoms with Crippen LogP contribution in [0.4, 0.5) is 0 Å². The largest absolute Gasteiger partial charge is 0.491 e. The van der Waals surface area contributed by atoms with Crippen molar-refractivity contribution in [1.29, 1.82) is 0 Å². The highest BCUT2D eigenvalue weighted by Crippen LogP contribution is 2.27. The predicted molar refractivity (Wildman–Crippen MR) is 154 cm³/mol. The van der Waals surface area contributed by atoms with E-state index in [4.69, 9.17) is 9.31 Å². The molecule has 13 nitrogen and oxygen atoms in total. The lowest BCUT2D eigenvalue weighted by molar-refractivity contribution is -0.139. The summed E-state index contributed by atoms with van der Waals surface area (Å²) in [6.45, 7) is 1.59. The van der Waals surface area contributed by atoms with Gasteiger partial charge >= 0.3 is 20.2 Å². The van der Waals surface area contributed by atoms with Crippen molar-refractivity contribution in [3.05, 3.63) is 58.7 Å². The van der Waals surface area contributed by atoms with Crippen molar-refractivity contribution in [2.24, 2.45) is 0 Å². The molecule has 224 valence electrons. The molecule has 0 aliphatic carbocycles. The fraction of sp³-hybridized carbons (Fsp3) is 0.429. The second-order valence-corrected chi connectivity index (χ2v) is 11.6. The summed E-state index contributed by atoms with van der Waals surface area (Å²) in [5.41, 5.74) is 2.13. The van der Waals surface area contributed by atoms with Crippen molar-refractivity contribution < 1.29 is 43.6 Å². The number of amides is 3. The summed E-state index contributed by atoms with van der Waals surface area (Å²) in [7, 11) is -2.26. The van der Waals surface area contributed by atoms with Crippen LogP contribution in [0.15, 0.2) is 36.4 Å². The predicted octanol–water partition coefficient (Wildman–Crippen LogP) is -2.15. The third kappa shape index (κ3) is 5.91. The second kappa shape index (κ2) is 11.7. The van der Waals surface area contributed by atoms with Gasteiger partial charge in [0.25, 0.3) is 11.8 Å². The first-order chi connectivity index (χ1) is 20.6. The molecule has 4 aliphatic rings. The molecule has 15 heteroatoms. The molecule has 4 aliphatic heterocycles. The van der Waals surface area contributed by atoms with Gasteiger partial charge < -0.3 is 45.3 Å². The second-order valence-electron chi connectivity index (χ2n) is 11.6. The first-order valence-corrected chi connectivity index (χ1v) is 14.3. The lowest BCUT2D eigenvalue weighted by atomic mass is 9.78. The fourth-order valence-electron chi connectivity index (χ4n) is 6.44. The number of nitrogens with one attached hydrogen (secondary N) is 3. The highest BCUT2D eigenvalue weighted by molar-refractivity contribution is 6.62. The number of nitrogens with zero attached hydrogens (tertiary/aromatic N) is 1. The molecular formula is C28H32B2N4O9. The van der Waals surface area contributed by atoms with E-state index in [-0.39, 0.29) is 38.2 Å². The number of carbonyl (C=O) groups is 4. The van der Waals surface area contributed by atoms with Crippen molar-refractivity contribution in [3.8, 4) is 0 Å². The zero-order chi connectivity index (χ0) is 30.3. The van der Waals surface area contributed by atoms with Gasteiger partial charge in [-0.3, -0.25) is 19.2 Å². The Kier molecular flexibility index (Phi) is 8.00. The number of rotatable bonds is 7. The summed E-state index contributed by atoms with van der Waals surface area (Å²) in [5, 5.41) is 38.9. The Morgan fingerprint density at radius 3 is 2.19 bits per heavy atom. The van der Waals surface area contributed by atoms with Gasteiger partial charge in [-0.25, -0.2) is 0 Å². The zero-order valence-electron chi connectivity index (χ0n) is 23.4. The maximum absolute atomic E-state index is 13.8. The summed E-state index contributed by atoms with van der Waals surface area (Å²) >= 11 is 0. The van der Waals surface area contributed by atoms with E-state index in [2.05, 4.69) is 16.0 Å². The van der Waals surface area contributed by atoms with Crippen LogP contribution in [0.1, 0.15) is 57.5 Å². The van der Waals surface area contributed by atoms with Gasteiger partial charge in [0, 0.05) is 23.7 Å². The molecule has 0 spiro atoms. The molecule has 2 saturated heterocycles. The van der Waals surface area contributed by atoms with Crippen LogP contribution in [0, 0.1) is 0 Å². The summed E-state index contributed by atoms with van der Waals surface area (Å²) in [5.74, 6) is -2.42. The van der Waals surface area contributed by atoms with Gasteiger partial charge in [0.15, 0.2) is 0 Å². The van der Waals surface area contributed by atoms with Crippen LogP contribution < -0.4 is 26.9 Å². The number of benzene rings is 2. The molecule has 6 N–H and O–H groups in total. The minimum atomic E-state index is -1.15. The van der Waals surface area contributed by atoms with Crippen molar-refractivity contribution >= 4 is 48.9 Å². The number of carbonyl (C=O) groups excluding carboxylic acids is 3. The highest BCUT2D eigenvalue weighted by Gasteiger charge is 2.44. The van der Waals surface area contributed by atoms with E-state index in [0.717, 1.165) is 11.1 Å². The molecular weight excluding hydrogens is 558 g/mol. The Balaban J connectivity index is 1.24. The van der Waals surface area contributed by atoms with Gasteiger partial charge in [-0.2, -0.15) is 0 Å². The first-order valence-electron chi connectivity index (χ1n) is 14.3. The van der Waals surface area contributed by atoms with E-state index in [9.17, 15) is 34.3 Å². The molecule has 2 fully saturated rings. The Hall–Kier alpha value is -3.75. The van der Waals surface area contributed by atoms with E-state index < -0.39 is 55.6 Å². The van der Waals surface area contributed by atoms with Gasteiger partial charge in [0.05, 0.1) is 25.2 Å². The Labute approximate surface area is 248 Å². The minimum absolute atomic E-state index is 0.0307. The lowest BCUT2D eigenvalue weighted by Gasteiger charge is -2.38. The number of carboxylic acids is 1. The normalized spacial score (nSPS) is 22.2. The maximum Gasteiger partial charge on any atom is 0.491 e. The molecule has 0 radical (unpaired) electrons. The number of carboxylic acid groups (broad SMARTS) is 1. The van der Waals surface area contributed by atoms with E-state index in [1.165, 1.54) is 4.90 Å². The molecule has 6 rings (SSSR count). The summed E-state index contributed by atoms with van der Waals surface area (Å²) in [6, 6.07) is 8.20. The molecule has 2 aromatic rings. The highest BCUT2D eigenvalue weighted by atomic mass is 16.5. The molecule has 2 atom stereocenters. The third-order valence-corrected chi connectivity index (χ3v) is 8.76. The first kappa shape index (κ1) is 29.3. The standard InChI is InChI=1S/C28H32B2N4O9/c35-24(36)12-28(5-7-31-8-6-28)33-26(38)23-11-20(32-25(37)16-1-3-18-14-42-29(40)21(18)9-16)13-34(23)27(39)17-2-4-19-15-43-30(41)22(19)10-17/h1-4,9-10,20,23,31,40-41H,5-8,11-15H2,(H,32,37)(H,33,38)(H,35,36)/t20?,23-/m0/s1. The van der Waals surface area contributed by atoms with Crippen LogP contribution in [-0.4, -0.2) is 95.2 Å². The molecule has 0 saturated carbocycles. The van der Waals surface area contributed by atoms with Crippen LogP contribution in [0.3, 0.4) is 0 Å². The summed E-state index contributed by atoms with van der Waals surface area (Å²) < 4.78 is 10.5. The van der Waals surface area contributed by atoms with E-state index in [0.29, 0.717) is 42.4 Å². The van der Waals surface area contributed by atoms with Crippen LogP contribution in [0.25, 0.3) is 0 Å². The molecule has 1 unspecified atom stereocenters. The van der Waals surface area contributed by atoms with Crippen LogP contribution in [-0.2, 0) is 32.1 Å². The van der Waals surface area contributed by atoms with Crippen molar-refractivity contribution in [2.45, 2.75) is 56.5 Å². The van der Waals surface area contributed by atoms with E-state index in [1.54, 1.807) is 36.4 Å². The van der Waals surface area contributed by atoms with E-state index in [1.807, 2.05) is 0 Å². The van der Waals surface area contributed by atoms with Gasteiger partial charge in [-0.15, -0.1) is 0 Å². The molecule has 2 aromatic carbocycles. The zero-order valence-corrected chi connectivity index (χ0v) is 23.4. The SMILES string of the molecule is O=C(O)CC1(NC(=O)[C@@H]2CC(NC(=O)c3ccc4c(c3)B(O)OC4)CN2C(=O)c2ccc3c(c2)B(O)OC3)CCNCC1. The number of hydrogen-bond acceptors (Lipinski definition) is 9. The third-order valence-electron chi connectivity index (χ3n) is 8.76. The Bertz CT molecular complexity index is 1470. The Morgan fingerprint density at radius 1 is 0.953 bits per heavy atom. The maximum atomic E-state index is 13.8. The van der Waals surface area contributed by atoms with Crippen LogP contribution in [0.5, 0.6) is 0 Å². The number of hydrogen-bond donors (Lipinski definition) is 6. The fourth-order valence-corrected chi connectivity index (χ4v) is 6.44. The smallest absolute Gasteiger partial charge is 0.481 e. The van der Waals surface area contributed by atoms with Crippen molar-refractivity contribution in [2.75, 3.05) is 19.6 Å². The van der Waals surface area contributed by atoms with Gasteiger partial charge in [-0.05, 0) is 78.7 Å². The van der Waals surface area contributed by atoms with Crippen LogP contribution in [0.2, 0.25) is 0 Å². The Morgan fingerprint density at radius 2 is 1.56 bits per heavy atom. The molecule has 0 bridgehead atoms. The molecule has 4 heterocycles. The van der Waals surface area contributed by atoms with Crippen molar-refractivity contribution in [1.82, 2.24) is 20.9 Å². The van der Waals surface area contributed by atoms with Crippen molar-refractivity contribution in [3.63, 3.8) is 0 Å². The van der Waals surface area contributed by atoms with Gasteiger partial charge in [0.2, 0.25) is 5.91 Å². The molecule has 43 heavy (non-hydrogen) atoms. The minimum Gasteiger partial charge on any atom is -0.481 e. The number of aliphatic carboxylic acids is 1. The van der Waals surface area contributed by atoms with E-state index >= 15 is 0 Å². The topological polar surface area (TPSA) is 187 Å². The average molecular weight is 590 g/mol. The quantitative estimate of drug-likeness (QED) is 0.194. The molecule has 3 amide bonds. The number of fused-ring (bicyclic) bond motifs is 2.